The molecular weight excluding hydrogens is 226 g/mol. The lowest BCUT2D eigenvalue weighted by Crippen LogP contribution is -2.41. The summed E-state index contributed by atoms with van der Waals surface area (Å²) in [6, 6.07) is 7.56. The van der Waals surface area contributed by atoms with E-state index in [1.165, 1.54) is 0 Å². The van der Waals surface area contributed by atoms with E-state index in [9.17, 15) is 4.79 Å². The molecule has 1 saturated heterocycles. The molecule has 1 heterocycles. The van der Waals surface area contributed by atoms with Gasteiger partial charge < -0.3 is 9.64 Å². The van der Waals surface area contributed by atoms with Gasteiger partial charge in [0.15, 0.2) is 0 Å². The monoisotopic (exact) mass is 239 g/mol. The maximum Gasteiger partial charge on any atom is 0.219 e. The maximum atomic E-state index is 11.3. The van der Waals surface area contributed by atoms with Crippen LogP contribution < -0.4 is 0 Å². The van der Waals surface area contributed by atoms with Crippen molar-refractivity contribution in [1.29, 1.82) is 0 Å². The summed E-state index contributed by atoms with van der Waals surface area (Å²) in [5.74, 6) is 0.0993. The second-order valence-corrected chi connectivity index (χ2v) is 4.31. The Bertz CT molecular complexity index is 377. The molecule has 16 heavy (non-hydrogen) atoms. The van der Waals surface area contributed by atoms with Gasteiger partial charge in [-0.2, -0.15) is 0 Å². The summed E-state index contributed by atoms with van der Waals surface area (Å²) in [4.78, 5) is 13.1. The molecule has 0 saturated carbocycles. The lowest BCUT2D eigenvalue weighted by Gasteiger charge is -2.32. The summed E-state index contributed by atoms with van der Waals surface area (Å²) in [6.07, 6.45) is -0.0325. The Hall–Kier alpha value is -1.06. The van der Waals surface area contributed by atoms with Gasteiger partial charge in [-0.15, -0.1) is 0 Å². The molecule has 1 aromatic rings. The van der Waals surface area contributed by atoms with Crippen LogP contribution in [0.3, 0.4) is 0 Å². The Morgan fingerprint density at radius 3 is 2.75 bits per heavy atom. The van der Waals surface area contributed by atoms with Crippen LogP contribution >= 0.6 is 11.6 Å². The Balaban J connectivity index is 2.09. The number of hydrogen-bond acceptors (Lipinski definition) is 2. The summed E-state index contributed by atoms with van der Waals surface area (Å²) in [6.45, 7) is 3.48. The van der Waals surface area contributed by atoms with Gasteiger partial charge in [-0.05, 0) is 17.7 Å². The van der Waals surface area contributed by atoms with Gasteiger partial charge in [0, 0.05) is 18.5 Å². The van der Waals surface area contributed by atoms with Gasteiger partial charge >= 0.3 is 0 Å². The van der Waals surface area contributed by atoms with Crippen molar-refractivity contribution in [2.45, 2.75) is 13.0 Å². The van der Waals surface area contributed by atoms with Crippen molar-refractivity contribution in [2.24, 2.45) is 0 Å². The summed E-state index contributed by atoms with van der Waals surface area (Å²) in [5.41, 5.74) is 1.07. The molecule has 0 radical (unpaired) electrons. The molecule has 0 aliphatic carbocycles. The van der Waals surface area contributed by atoms with Crippen LogP contribution in [0.5, 0.6) is 0 Å². The fraction of sp³-hybridized carbons (Fsp3) is 0.417. The summed E-state index contributed by atoms with van der Waals surface area (Å²) in [7, 11) is 0. The predicted octanol–water partition coefficient (Wildman–Crippen LogP) is 2.26. The third kappa shape index (κ3) is 2.54. The molecule has 3 nitrogen and oxygen atoms in total. The van der Waals surface area contributed by atoms with Gasteiger partial charge in [-0.25, -0.2) is 0 Å². The molecule has 1 aromatic carbocycles. The van der Waals surface area contributed by atoms with Crippen LogP contribution in [-0.2, 0) is 9.53 Å². The van der Waals surface area contributed by atoms with E-state index in [-0.39, 0.29) is 12.0 Å². The first-order chi connectivity index (χ1) is 7.66. The van der Waals surface area contributed by atoms with E-state index in [1.54, 1.807) is 6.92 Å². The van der Waals surface area contributed by atoms with Crippen LogP contribution in [0.25, 0.3) is 0 Å². The molecule has 1 aliphatic rings. The van der Waals surface area contributed by atoms with Gasteiger partial charge in [0.1, 0.15) is 6.10 Å². The third-order valence-corrected chi connectivity index (χ3v) is 3.01. The van der Waals surface area contributed by atoms with Crippen molar-refractivity contribution in [3.63, 3.8) is 0 Å². The first-order valence-corrected chi connectivity index (χ1v) is 5.67. The van der Waals surface area contributed by atoms with E-state index in [0.29, 0.717) is 24.7 Å². The van der Waals surface area contributed by atoms with E-state index in [2.05, 4.69) is 0 Å². The topological polar surface area (TPSA) is 29.5 Å². The lowest BCUT2D eigenvalue weighted by atomic mass is 10.1. The third-order valence-electron chi connectivity index (χ3n) is 2.75. The Morgan fingerprint density at radius 1 is 1.44 bits per heavy atom. The number of benzene rings is 1. The fourth-order valence-electron chi connectivity index (χ4n) is 1.81. The quantitative estimate of drug-likeness (QED) is 0.753. The van der Waals surface area contributed by atoms with Crippen molar-refractivity contribution in [3.8, 4) is 0 Å². The molecule has 0 N–H and O–H groups in total. The highest BCUT2D eigenvalue weighted by atomic mass is 35.5. The van der Waals surface area contributed by atoms with Crippen LogP contribution in [0.4, 0.5) is 0 Å². The Labute approximate surface area is 100.0 Å². The largest absolute Gasteiger partial charge is 0.370 e. The highest BCUT2D eigenvalue weighted by molar-refractivity contribution is 6.30. The van der Waals surface area contributed by atoms with Crippen molar-refractivity contribution >= 4 is 17.5 Å². The second-order valence-electron chi connectivity index (χ2n) is 3.88. The molecule has 0 aromatic heterocycles. The maximum absolute atomic E-state index is 11.3. The Kier molecular flexibility index (Phi) is 3.46. The van der Waals surface area contributed by atoms with Crippen molar-refractivity contribution in [2.75, 3.05) is 19.7 Å². The molecule has 1 atom stereocenters. The number of morpholine rings is 1. The molecule has 1 amide bonds. The number of amides is 1. The molecule has 4 heteroatoms. The summed E-state index contributed by atoms with van der Waals surface area (Å²) >= 11 is 5.82. The van der Waals surface area contributed by atoms with Gasteiger partial charge in [-0.3, -0.25) is 4.79 Å². The van der Waals surface area contributed by atoms with E-state index < -0.39 is 0 Å². The molecule has 0 spiro atoms. The first-order valence-electron chi connectivity index (χ1n) is 5.29. The van der Waals surface area contributed by atoms with Gasteiger partial charge in [-0.1, -0.05) is 23.7 Å². The average molecular weight is 240 g/mol. The second kappa shape index (κ2) is 4.85. The highest BCUT2D eigenvalue weighted by Crippen LogP contribution is 2.23. The van der Waals surface area contributed by atoms with Crippen molar-refractivity contribution in [3.05, 3.63) is 34.9 Å². The zero-order valence-corrected chi connectivity index (χ0v) is 9.91. The van der Waals surface area contributed by atoms with E-state index >= 15 is 0 Å². The van der Waals surface area contributed by atoms with Crippen LogP contribution in [0, 0.1) is 0 Å². The number of rotatable bonds is 1. The summed E-state index contributed by atoms with van der Waals surface area (Å²) < 4.78 is 5.65. The number of ether oxygens (including phenoxy) is 1. The van der Waals surface area contributed by atoms with E-state index in [4.69, 9.17) is 16.3 Å². The number of halogens is 1. The minimum atomic E-state index is -0.0325. The number of carbonyl (C=O) groups excluding carboxylic acids is 1. The molecule has 1 aliphatic heterocycles. The number of carbonyl (C=O) groups is 1. The molecule has 1 fully saturated rings. The highest BCUT2D eigenvalue weighted by Gasteiger charge is 2.23. The molecule has 86 valence electrons. The Morgan fingerprint density at radius 2 is 2.12 bits per heavy atom. The number of nitrogens with zero attached hydrogens (tertiary/aromatic N) is 1. The molecule has 2 rings (SSSR count). The molecule has 0 bridgehead atoms. The van der Waals surface area contributed by atoms with Gasteiger partial charge in [0.25, 0.3) is 0 Å². The van der Waals surface area contributed by atoms with Crippen molar-refractivity contribution < 1.29 is 9.53 Å². The van der Waals surface area contributed by atoms with Crippen LogP contribution in [0.1, 0.15) is 18.6 Å². The van der Waals surface area contributed by atoms with Gasteiger partial charge in [0.05, 0.1) is 13.2 Å². The molecule has 0 unspecified atom stereocenters. The van der Waals surface area contributed by atoms with Crippen LogP contribution in [-0.4, -0.2) is 30.5 Å². The number of hydrogen-bond donors (Lipinski definition) is 0. The summed E-state index contributed by atoms with van der Waals surface area (Å²) in [5, 5.41) is 0.711. The van der Waals surface area contributed by atoms with Crippen LogP contribution in [0.15, 0.2) is 24.3 Å². The smallest absolute Gasteiger partial charge is 0.219 e. The first kappa shape index (κ1) is 11.4. The minimum Gasteiger partial charge on any atom is -0.370 e. The molecular formula is C12H14ClNO2. The van der Waals surface area contributed by atoms with Crippen LogP contribution in [0.2, 0.25) is 5.02 Å². The van der Waals surface area contributed by atoms with Crippen molar-refractivity contribution in [1.82, 2.24) is 4.90 Å². The lowest BCUT2D eigenvalue weighted by molar-refractivity contribution is -0.136. The average Bonchev–Trinajstić information content (AvgIpc) is 2.30. The van der Waals surface area contributed by atoms with Gasteiger partial charge in [0.2, 0.25) is 5.91 Å². The standard InChI is InChI=1S/C12H14ClNO2/c1-9(15)14-6-7-16-12(8-14)10-2-4-11(13)5-3-10/h2-5,12H,6-8H2,1H3/t12-/m0/s1. The normalized spacial score (nSPS) is 20.9. The minimum absolute atomic E-state index is 0.0325. The predicted molar refractivity (Wildman–Crippen MR) is 62.4 cm³/mol. The fourth-order valence-corrected chi connectivity index (χ4v) is 1.94. The van der Waals surface area contributed by atoms with E-state index in [0.717, 1.165) is 5.56 Å². The zero-order chi connectivity index (χ0) is 11.5. The SMILES string of the molecule is CC(=O)N1CCO[C@H](c2ccc(Cl)cc2)C1. The van der Waals surface area contributed by atoms with E-state index in [1.807, 2.05) is 29.2 Å². The zero-order valence-electron chi connectivity index (χ0n) is 9.15.